The number of hydrogen-bond acceptors (Lipinski definition) is 3. The van der Waals surface area contributed by atoms with Crippen LogP contribution in [-0.4, -0.2) is 58.0 Å². The van der Waals surface area contributed by atoms with E-state index in [0.717, 1.165) is 64.0 Å². The SMILES string of the molecule is CCc1cc(C(=O)N2CCC(CC(=O)N3CCCC3)CC2)n[nH]1. The van der Waals surface area contributed by atoms with Crippen LogP contribution in [0.15, 0.2) is 6.07 Å². The molecule has 6 heteroatoms. The van der Waals surface area contributed by atoms with Crippen LogP contribution in [0, 0.1) is 5.92 Å². The fraction of sp³-hybridized carbons (Fsp3) is 0.706. The van der Waals surface area contributed by atoms with Crippen molar-refractivity contribution in [3.05, 3.63) is 17.5 Å². The predicted octanol–water partition coefficient (Wildman–Crippen LogP) is 1.84. The summed E-state index contributed by atoms with van der Waals surface area (Å²) in [6.07, 6.45) is 5.60. The number of aryl methyl sites for hydroxylation is 1. The number of likely N-dealkylation sites (tertiary alicyclic amines) is 2. The quantitative estimate of drug-likeness (QED) is 0.921. The number of hydrogen-bond donors (Lipinski definition) is 1. The lowest BCUT2D eigenvalue weighted by molar-refractivity contribution is -0.131. The van der Waals surface area contributed by atoms with Gasteiger partial charge in [0.25, 0.3) is 5.91 Å². The molecule has 2 saturated heterocycles. The molecule has 2 aliphatic rings. The fourth-order valence-corrected chi connectivity index (χ4v) is 3.50. The number of nitrogens with zero attached hydrogens (tertiary/aromatic N) is 3. The van der Waals surface area contributed by atoms with Crippen molar-refractivity contribution in [3.8, 4) is 0 Å². The normalized spacial score (nSPS) is 19.3. The lowest BCUT2D eigenvalue weighted by Gasteiger charge is -2.32. The molecular formula is C17H26N4O2. The van der Waals surface area contributed by atoms with Crippen molar-refractivity contribution in [2.75, 3.05) is 26.2 Å². The Kier molecular flexibility index (Phi) is 4.98. The van der Waals surface area contributed by atoms with Crippen molar-refractivity contribution in [2.24, 2.45) is 5.92 Å². The third-order valence-electron chi connectivity index (χ3n) is 5.05. The monoisotopic (exact) mass is 318 g/mol. The van der Waals surface area contributed by atoms with Crippen LogP contribution < -0.4 is 0 Å². The molecule has 3 heterocycles. The maximum absolute atomic E-state index is 12.4. The van der Waals surface area contributed by atoms with E-state index in [4.69, 9.17) is 0 Å². The molecular weight excluding hydrogens is 292 g/mol. The Labute approximate surface area is 137 Å². The largest absolute Gasteiger partial charge is 0.343 e. The van der Waals surface area contributed by atoms with Gasteiger partial charge in [-0.2, -0.15) is 5.10 Å². The number of aromatic nitrogens is 2. The molecule has 2 amide bonds. The zero-order chi connectivity index (χ0) is 16.2. The molecule has 0 aliphatic carbocycles. The van der Waals surface area contributed by atoms with Crippen molar-refractivity contribution in [2.45, 2.75) is 45.4 Å². The molecule has 0 radical (unpaired) electrons. The molecule has 2 aliphatic heterocycles. The van der Waals surface area contributed by atoms with Gasteiger partial charge in [-0.3, -0.25) is 14.7 Å². The number of carbonyl (C=O) groups is 2. The molecule has 0 aromatic carbocycles. The summed E-state index contributed by atoms with van der Waals surface area (Å²) in [5, 5.41) is 7.00. The Balaban J connectivity index is 1.47. The summed E-state index contributed by atoms with van der Waals surface area (Å²) in [4.78, 5) is 28.5. The van der Waals surface area contributed by atoms with Crippen LogP contribution in [0.25, 0.3) is 0 Å². The van der Waals surface area contributed by atoms with Gasteiger partial charge in [-0.15, -0.1) is 0 Å². The van der Waals surface area contributed by atoms with E-state index >= 15 is 0 Å². The highest BCUT2D eigenvalue weighted by Gasteiger charge is 2.28. The molecule has 1 N–H and O–H groups in total. The second kappa shape index (κ2) is 7.15. The number of aromatic amines is 1. The van der Waals surface area contributed by atoms with Gasteiger partial charge in [-0.25, -0.2) is 0 Å². The highest BCUT2D eigenvalue weighted by Crippen LogP contribution is 2.23. The average molecular weight is 318 g/mol. The van der Waals surface area contributed by atoms with Crippen molar-refractivity contribution < 1.29 is 9.59 Å². The Morgan fingerprint density at radius 2 is 1.87 bits per heavy atom. The van der Waals surface area contributed by atoms with Gasteiger partial charge < -0.3 is 9.80 Å². The first-order valence-electron chi connectivity index (χ1n) is 8.78. The minimum Gasteiger partial charge on any atom is -0.343 e. The highest BCUT2D eigenvalue weighted by molar-refractivity contribution is 5.92. The van der Waals surface area contributed by atoms with E-state index in [9.17, 15) is 9.59 Å². The first-order valence-corrected chi connectivity index (χ1v) is 8.78. The molecule has 0 spiro atoms. The van der Waals surface area contributed by atoms with Crippen molar-refractivity contribution in [1.82, 2.24) is 20.0 Å². The second-order valence-corrected chi connectivity index (χ2v) is 6.66. The van der Waals surface area contributed by atoms with Gasteiger partial charge in [0.1, 0.15) is 5.69 Å². The van der Waals surface area contributed by atoms with Crippen molar-refractivity contribution >= 4 is 11.8 Å². The minimum atomic E-state index is 0.00488. The van der Waals surface area contributed by atoms with Gasteiger partial charge in [0, 0.05) is 38.3 Å². The molecule has 0 atom stereocenters. The van der Waals surface area contributed by atoms with Crippen LogP contribution in [0.2, 0.25) is 0 Å². The zero-order valence-electron chi connectivity index (χ0n) is 13.9. The lowest BCUT2D eigenvalue weighted by atomic mass is 9.93. The molecule has 0 saturated carbocycles. The van der Waals surface area contributed by atoms with Gasteiger partial charge in [0.05, 0.1) is 0 Å². The summed E-state index contributed by atoms with van der Waals surface area (Å²) >= 11 is 0. The molecule has 3 rings (SSSR count). The van der Waals surface area contributed by atoms with E-state index in [1.165, 1.54) is 0 Å². The highest BCUT2D eigenvalue weighted by atomic mass is 16.2. The number of carbonyl (C=O) groups excluding carboxylic acids is 2. The van der Waals surface area contributed by atoms with E-state index in [-0.39, 0.29) is 5.91 Å². The maximum atomic E-state index is 12.4. The first-order chi connectivity index (χ1) is 11.2. The number of nitrogens with one attached hydrogen (secondary N) is 1. The van der Waals surface area contributed by atoms with Gasteiger partial charge in [-0.05, 0) is 44.1 Å². The summed E-state index contributed by atoms with van der Waals surface area (Å²) in [5.74, 6) is 0.718. The molecule has 0 bridgehead atoms. The van der Waals surface area contributed by atoms with E-state index in [2.05, 4.69) is 10.2 Å². The Morgan fingerprint density at radius 1 is 1.17 bits per heavy atom. The first kappa shape index (κ1) is 16.0. The zero-order valence-corrected chi connectivity index (χ0v) is 13.9. The molecule has 23 heavy (non-hydrogen) atoms. The molecule has 126 valence electrons. The molecule has 6 nitrogen and oxygen atoms in total. The second-order valence-electron chi connectivity index (χ2n) is 6.66. The number of H-pyrrole nitrogens is 1. The van der Waals surface area contributed by atoms with Crippen LogP contribution in [0.1, 0.15) is 55.2 Å². The van der Waals surface area contributed by atoms with Crippen LogP contribution >= 0.6 is 0 Å². The van der Waals surface area contributed by atoms with Gasteiger partial charge >= 0.3 is 0 Å². The number of piperidine rings is 1. The third kappa shape index (κ3) is 3.74. The molecule has 0 unspecified atom stereocenters. The summed E-state index contributed by atoms with van der Waals surface area (Å²) in [6, 6.07) is 1.84. The van der Waals surface area contributed by atoms with Gasteiger partial charge in [-0.1, -0.05) is 6.92 Å². The minimum absolute atomic E-state index is 0.00488. The summed E-state index contributed by atoms with van der Waals surface area (Å²) in [7, 11) is 0. The summed E-state index contributed by atoms with van der Waals surface area (Å²) in [5.41, 5.74) is 1.49. The van der Waals surface area contributed by atoms with E-state index in [0.29, 0.717) is 23.9 Å². The van der Waals surface area contributed by atoms with Crippen LogP contribution in [0.4, 0.5) is 0 Å². The average Bonchev–Trinajstić information content (AvgIpc) is 3.26. The van der Waals surface area contributed by atoms with Gasteiger partial charge in [0.15, 0.2) is 0 Å². The number of amides is 2. The maximum Gasteiger partial charge on any atom is 0.274 e. The van der Waals surface area contributed by atoms with Crippen LogP contribution in [-0.2, 0) is 11.2 Å². The summed E-state index contributed by atoms with van der Waals surface area (Å²) in [6.45, 7) is 5.34. The lowest BCUT2D eigenvalue weighted by Crippen LogP contribution is -2.40. The molecule has 1 aromatic heterocycles. The van der Waals surface area contributed by atoms with Gasteiger partial charge in [0.2, 0.25) is 5.91 Å². The smallest absolute Gasteiger partial charge is 0.274 e. The van der Waals surface area contributed by atoms with E-state index in [1.807, 2.05) is 22.8 Å². The van der Waals surface area contributed by atoms with Crippen LogP contribution in [0.5, 0.6) is 0 Å². The predicted molar refractivity (Wildman–Crippen MR) is 87.0 cm³/mol. The number of rotatable bonds is 4. The Morgan fingerprint density at radius 3 is 2.48 bits per heavy atom. The van der Waals surface area contributed by atoms with E-state index in [1.54, 1.807) is 0 Å². The Bertz CT molecular complexity index is 555. The Hall–Kier alpha value is -1.85. The summed E-state index contributed by atoms with van der Waals surface area (Å²) < 4.78 is 0. The topological polar surface area (TPSA) is 69.3 Å². The fourth-order valence-electron chi connectivity index (χ4n) is 3.50. The van der Waals surface area contributed by atoms with Crippen LogP contribution in [0.3, 0.4) is 0 Å². The van der Waals surface area contributed by atoms with Crippen molar-refractivity contribution in [1.29, 1.82) is 0 Å². The molecule has 1 aromatic rings. The molecule has 2 fully saturated rings. The third-order valence-corrected chi connectivity index (χ3v) is 5.05. The van der Waals surface area contributed by atoms with E-state index < -0.39 is 0 Å². The standard InChI is InChI=1S/C17H26N4O2/c1-2-14-12-15(19-18-14)17(23)21-9-5-13(6-10-21)11-16(22)20-7-3-4-8-20/h12-13H,2-11H2,1H3,(H,18,19). The van der Waals surface area contributed by atoms with Crippen molar-refractivity contribution in [3.63, 3.8) is 0 Å².